The van der Waals surface area contributed by atoms with Crippen molar-refractivity contribution in [3.63, 3.8) is 0 Å². The standard InChI is InChI=1S/C16H16F3NO.ClH/c1-11-4-2-3-5-13(11)14-7-6-12(21-9-8-20)10-15(14)16(17,18)19;/h2-7,10H,8-9,20H2,1H3;1H. The molecule has 6 heteroatoms. The predicted octanol–water partition coefficient (Wildman–Crippen LogP) is 4.44. The molecular weight excluding hydrogens is 315 g/mol. The SMILES string of the molecule is Cc1ccccc1-c1ccc(OCCN)cc1C(F)(F)F.Cl. The van der Waals surface area contributed by atoms with Gasteiger partial charge in [0.1, 0.15) is 12.4 Å². The molecule has 2 aromatic rings. The minimum absolute atomic E-state index is 0. The van der Waals surface area contributed by atoms with E-state index in [1.807, 2.05) is 0 Å². The lowest BCUT2D eigenvalue weighted by Crippen LogP contribution is -2.12. The Morgan fingerprint density at radius 2 is 1.73 bits per heavy atom. The van der Waals surface area contributed by atoms with E-state index in [9.17, 15) is 13.2 Å². The van der Waals surface area contributed by atoms with Crippen LogP contribution in [0.5, 0.6) is 5.75 Å². The van der Waals surface area contributed by atoms with E-state index in [1.54, 1.807) is 31.2 Å². The second kappa shape index (κ2) is 7.51. The first-order valence-corrected chi connectivity index (χ1v) is 6.53. The minimum atomic E-state index is -4.44. The van der Waals surface area contributed by atoms with E-state index in [0.29, 0.717) is 5.56 Å². The van der Waals surface area contributed by atoms with E-state index in [-0.39, 0.29) is 36.9 Å². The summed E-state index contributed by atoms with van der Waals surface area (Å²) in [7, 11) is 0. The van der Waals surface area contributed by atoms with Crippen LogP contribution in [0.15, 0.2) is 42.5 Å². The fourth-order valence-corrected chi connectivity index (χ4v) is 2.13. The zero-order valence-electron chi connectivity index (χ0n) is 12.0. The lowest BCUT2D eigenvalue weighted by molar-refractivity contribution is -0.137. The Morgan fingerprint density at radius 1 is 1.05 bits per heavy atom. The van der Waals surface area contributed by atoms with Crippen LogP contribution in [0.3, 0.4) is 0 Å². The molecule has 0 saturated carbocycles. The normalized spacial score (nSPS) is 11.0. The van der Waals surface area contributed by atoms with Gasteiger partial charge in [0.05, 0.1) is 5.56 Å². The Balaban J connectivity index is 0.00000242. The van der Waals surface area contributed by atoms with Gasteiger partial charge in [-0.05, 0) is 35.7 Å². The van der Waals surface area contributed by atoms with Crippen molar-refractivity contribution in [2.45, 2.75) is 13.1 Å². The summed E-state index contributed by atoms with van der Waals surface area (Å²) in [4.78, 5) is 0. The van der Waals surface area contributed by atoms with Gasteiger partial charge in [-0.1, -0.05) is 30.3 Å². The number of benzene rings is 2. The highest BCUT2D eigenvalue weighted by Crippen LogP contribution is 2.39. The first kappa shape index (κ1) is 18.3. The maximum atomic E-state index is 13.3. The summed E-state index contributed by atoms with van der Waals surface area (Å²) < 4.78 is 45.1. The van der Waals surface area contributed by atoms with Gasteiger partial charge in [0, 0.05) is 6.54 Å². The monoisotopic (exact) mass is 331 g/mol. The number of hydrogen-bond donors (Lipinski definition) is 1. The Labute approximate surface area is 133 Å². The first-order valence-electron chi connectivity index (χ1n) is 6.53. The third-order valence-corrected chi connectivity index (χ3v) is 3.12. The van der Waals surface area contributed by atoms with Crippen LogP contribution in [0.25, 0.3) is 11.1 Å². The molecule has 22 heavy (non-hydrogen) atoms. The van der Waals surface area contributed by atoms with E-state index in [2.05, 4.69) is 0 Å². The molecule has 0 atom stereocenters. The number of nitrogens with two attached hydrogens (primary N) is 1. The van der Waals surface area contributed by atoms with Crippen LogP contribution in [-0.2, 0) is 6.18 Å². The largest absolute Gasteiger partial charge is 0.492 e. The molecule has 2 rings (SSSR count). The molecule has 0 unspecified atom stereocenters. The average molecular weight is 332 g/mol. The third kappa shape index (κ3) is 4.15. The van der Waals surface area contributed by atoms with Crippen molar-refractivity contribution in [2.24, 2.45) is 5.73 Å². The highest BCUT2D eigenvalue weighted by Gasteiger charge is 2.34. The van der Waals surface area contributed by atoms with Gasteiger partial charge in [0.25, 0.3) is 0 Å². The van der Waals surface area contributed by atoms with E-state index >= 15 is 0 Å². The van der Waals surface area contributed by atoms with Gasteiger partial charge in [0.2, 0.25) is 0 Å². The van der Waals surface area contributed by atoms with E-state index in [1.165, 1.54) is 12.1 Å². The summed E-state index contributed by atoms with van der Waals surface area (Å²) in [6.45, 7) is 2.22. The molecule has 0 aliphatic rings. The molecule has 0 aliphatic carbocycles. The van der Waals surface area contributed by atoms with E-state index in [4.69, 9.17) is 10.5 Å². The number of halogens is 4. The van der Waals surface area contributed by atoms with Gasteiger partial charge in [-0.25, -0.2) is 0 Å². The van der Waals surface area contributed by atoms with Crippen LogP contribution in [0.1, 0.15) is 11.1 Å². The number of ether oxygens (including phenoxy) is 1. The van der Waals surface area contributed by atoms with Crippen LogP contribution >= 0.6 is 12.4 Å². The van der Waals surface area contributed by atoms with Crippen molar-refractivity contribution in [3.8, 4) is 16.9 Å². The quantitative estimate of drug-likeness (QED) is 0.899. The Morgan fingerprint density at radius 3 is 2.32 bits per heavy atom. The Kier molecular flexibility index (Phi) is 6.26. The van der Waals surface area contributed by atoms with Crippen LogP contribution in [0.4, 0.5) is 13.2 Å². The minimum Gasteiger partial charge on any atom is -0.492 e. The summed E-state index contributed by atoms with van der Waals surface area (Å²) in [5.41, 5.74) is 6.10. The molecule has 0 aromatic heterocycles. The second-order valence-electron chi connectivity index (χ2n) is 4.66. The molecule has 0 bridgehead atoms. The van der Waals surface area contributed by atoms with E-state index in [0.717, 1.165) is 11.6 Å². The summed E-state index contributed by atoms with van der Waals surface area (Å²) in [6, 6.07) is 11.0. The molecule has 0 spiro atoms. The lowest BCUT2D eigenvalue weighted by Gasteiger charge is -2.16. The molecule has 2 aromatic carbocycles. The topological polar surface area (TPSA) is 35.2 Å². The Hall–Kier alpha value is -1.72. The average Bonchev–Trinajstić information content (AvgIpc) is 2.44. The van der Waals surface area contributed by atoms with E-state index < -0.39 is 11.7 Å². The second-order valence-corrected chi connectivity index (χ2v) is 4.66. The summed E-state index contributed by atoms with van der Waals surface area (Å²) in [6.07, 6.45) is -4.44. The van der Waals surface area contributed by atoms with Crippen molar-refractivity contribution in [3.05, 3.63) is 53.6 Å². The maximum Gasteiger partial charge on any atom is 0.417 e. The van der Waals surface area contributed by atoms with Crippen molar-refractivity contribution in [2.75, 3.05) is 13.2 Å². The molecule has 0 radical (unpaired) electrons. The summed E-state index contributed by atoms with van der Waals surface area (Å²) in [5.74, 6) is 0.171. The summed E-state index contributed by atoms with van der Waals surface area (Å²) >= 11 is 0. The first-order chi connectivity index (χ1) is 9.93. The Bertz CT molecular complexity index is 629. The van der Waals surface area contributed by atoms with Gasteiger partial charge < -0.3 is 10.5 Å². The molecule has 2 N–H and O–H groups in total. The van der Waals surface area contributed by atoms with Gasteiger partial charge in [-0.3, -0.25) is 0 Å². The molecule has 0 amide bonds. The molecule has 0 saturated heterocycles. The number of rotatable bonds is 4. The van der Waals surface area contributed by atoms with Crippen LogP contribution in [0.2, 0.25) is 0 Å². The molecule has 120 valence electrons. The maximum absolute atomic E-state index is 13.3. The fraction of sp³-hybridized carbons (Fsp3) is 0.250. The van der Waals surface area contributed by atoms with Crippen LogP contribution in [-0.4, -0.2) is 13.2 Å². The number of alkyl halides is 3. The highest BCUT2D eigenvalue weighted by atomic mass is 35.5. The predicted molar refractivity (Wildman–Crippen MR) is 83.4 cm³/mol. The molecule has 0 aliphatic heterocycles. The number of hydrogen-bond acceptors (Lipinski definition) is 2. The van der Waals surface area contributed by atoms with Crippen LogP contribution in [0, 0.1) is 6.92 Å². The van der Waals surface area contributed by atoms with Crippen molar-refractivity contribution in [1.29, 1.82) is 0 Å². The molecule has 0 fully saturated rings. The van der Waals surface area contributed by atoms with Gasteiger partial charge in [-0.15, -0.1) is 12.4 Å². The molecule has 0 heterocycles. The zero-order valence-corrected chi connectivity index (χ0v) is 12.8. The van der Waals surface area contributed by atoms with Crippen LogP contribution < -0.4 is 10.5 Å². The molecule has 2 nitrogen and oxygen atoms in total. The van der Waals surface area contributed by atoms with Gasteiger partial charge in [0.15, 0.2) is 0 Å². The highest BCUT2D eigenvalue weighted by molar-refractivity contribution is 5.85. The number of aryl methyl sites for hydroxylation is 1. The van der Waals surface area contributed by atoms with Crippen molar-refractivity contribution >= 4 is 12.4 Å². The lowest BCUT2D eigenvalue weighted by atomic mass is 9.95. The van der Waals surface area contributed by atoms with Gasteiger partial charge >= 0.3 is 6.18 Å². The fourth-order valence-electron chi connectivity index (χ4n) is 2.13. The summed E-state index contributed by atoms with van der Waals surface area (Å²) in [5, 5.41) is 0. The van der Waals surface area contributed by atoms with Crippen molar-refractivity contribution in [1.82, 2.24) is 0 Å². The van der Waals surface area contributed by atoms with Crippen molar-refractivity contribution < 1.29 is 17.9 Å². The zero-order chi connectivity index (χ0) is 15.5. The van der Waals surface area contributed by atoms with Gasteiger partial charge in [-0.2, -0.15) is 13.2 Å². The third-order valence-electron chi connectivity index (χ3n) is 3.12. The molecular formula is C16H17ClF3NO. The smallest absolute Gasteiger partial charge is 0.417 e.